The summed E-state index contributed by atoms with van der Waals surface area (Å²) in [5.74, 6) is 2.28. The van der Waals surface area contributed by atoms with E-state index in [1.54, 1.807) is 49.6 Å². The van der Waals surface area contributed by atoms with Gasteiger partial charge in [0.1, 0.15) is 37.0 Å². The van der Waals surface area contributed by atoms with E-state index < -0.39 is 18.3 Å². The van der Waals surface area contributed by atoms with E-state index in [0.717, 1.165) is 5.75 Å². The molecule has 184 valence electrons. The Labute approximate surface area is 198 Å². The van der Waals surface area contributed by atoms with Crippen molar-refractivity contribution in [3.05, 3.63) is 48.0 Å². The topological polar surface area (TPSA) is 89.5 Å². The van der Waals surface area contributed by atoms with E-state index >= 15 is 0 Å². The largest absolute Gasteiger partial charge is 0.497 e. The third-order valence-electron chi connectivity index (χ3n) is 5.96. The SMILES string of the molecule is COc1ccc(OCCC(=O)N[C@H](CN2CC[C@@H](F)C2)C(O)c2ccc3c(c2)OCCO3)cc1. The van der Waals surface area contributed by atoms with Crippen molar-refractivity contribution in [2.45, 2.75) is 31.2 Å². The number of hydrogen-bond donors (Lipinski definition) is 2. The van der Waals surface area contributed by atoms with E-state index in [9.17, 15) is 14.3 Å². The summed E-state index contributed by atoms with van der Waals surface area (Å²) in [7, 11) is 1.59. The molecule has 0 spiro atoms. The molecule has 2 N–H and O–H groups in total. The number of ether oxygens (including phenoxy) is 4. The van der Waals surface area contributed by atoms with Crippen molar-refractivity contribution in [1.29, 1.82) is 0 Å². The molecule has 0 radical (unpaired) electrons. The van der Waals surface area contributed by atoms with Crippen LogP contribution in [0.4, 0.5) is 4.39 Å². The highest BCUT2D eigenvalue weighted by Crippen LogP contribution is 2.33. The van der Waals surface area contributed by atoms with E-state index in [2.05, 4.69) is 5.32 Å². The molecule has 2 aliphatic heterocycles. The van der Waals surface area contributed by atoms with Gasteiger partial charge in [-0.1, -0.05) is 6.07 Å². The molecule has 1 saturated heterocycles. The van der Waals surface area contributed by atoms with Gasteiger partial charge in [0.05, 0.1) is 26.2 Å². The van der Waals surface area contributed by atoms with Gasteiger partial charge < -0.3 is 29.4 Å². The number of carbonyl (C=O) groups excluding carboxylic acids is 1. The summed E-state index contributed by atoms with van der Waals surface area (Å²) in [5.41, 5.74) is 0.597. The number of methoxy groups -OCH3 is 1. The van der Waals surface area contributed by atoms with E-state index in [0.29, 0.717) is 62.1 Å². The van der Waals surface area contributed by atoms with Gasteiger partial charge in [-0.25, -0.2) is 4.39 Å². The number of amides is 1. The minimum atomic E-state index is -0.999. The molecule has 4 rings (SSSR count). The van der Waals surface area contributed by atoms with Crippen molar-refractivity contribution >= 4 is 5.91 Å². The number of carbonyl (C=O) groups is 1. The predicted molar refractivity (Wildman–Crippen MR) is 123 cm³/mol. The Balaban J connectivity index is 1.37. The van der Waals surface area contributed by atoms with Crippen LogP contribution in [0.15, 0.2) is 42.5 Å². The third-order valence-corrected chi connectivity index (χ3v) is 5.96. The van der Waals surface area contributed by atoms with Crippen molar-refractivity contribution in [1.82, 2.24) is 10.2 Å². The van der Waals surface area contributed by atoms with Crippen LogP contribution in [-0.4, -0.2) is 74.7 Å². The zero-order chi connectivity index (χ0) is 23.9. The average Bonchev–Trinajstić information content (AvgIpc) is 3.27. The van der Waals surface area contributed by atoms with Gasteiger partial charge in [0, 0.05) is 19.6 Å². The molecule has 1 fully saturated rings. The molecule has 2 aliphatic rings. The standard InChI is InChI=1S/C25H31FN2O6/c1-31-19-3-5-20(6-4-19)32-11-9-24(29)27-21(16-28-10-8-18(26)15-28)25(30)17-2-7-22-23(14-17)34-13-12-33-22/h2-7,14,18,21,25,30H,8-13,15-16H2,1H3,(H,27,29)/t18-,21-,25?/m1/s1. The van der Waals surface area contributed by atoms with Gasteiger partial charge >= 0.3 is 0 Å². The maximum Gasteiger partial charge on any atom is 0.223 e. The fourth-order valence-corrected chi connectivity index (χ4v) is 4.14. The maximum absolute atomic E-state index is 13.7. The van der Waals surface area contributed by atoms with Crippen molar-refractivity contribution in [3.8, 4) is 23.0 Å². The molecule has 0 aromatic heterocycles. The molecule has 2 aromatic carbocycles. The van der Waals surface area contributed by atoms with Crippen LogP contribution in [0, 0.1) is 0 Å². The molecule has 1 amide bonds. The minimum Gasteiger partial charge on any atom is -0.497 e. The number of hydrogen-bond acceptors (Lipinski definition) is 7. The number of likely N-dealkylation sites (tertiary alicyclic amines) is 1. The van der Waals surface area contributed by atoms with Gasteiger partial charge in [0.2, 0.25) is 5.91 Å². The number of alkyl halides is 1. The first-order valence-corrected chi connectivity index (χ1v) is 11.5. The highest BCUT2D eigenvalue weighted by Gasteiger charge is 2.30. The first-order valence-electron chi connectivity index (χ1n) is 11.5. The summed E-state index contributed by atoms with van der Waals surface area (Å²) >= 11 is 0. The summed E-state index contributed by atoms with van der Waals surface area (Å²) < 4.78 is 35.7. The highest BCUT2D eigenvalue weighted by atomic mass is 19.1. The van der Waals surface area contributed by atoms with Crippen LogP contribution >= 0.6 is 0 Å². The summed E-state index contributed by atoms with van der Waals surface area (Å²) in [6, 6.07) is 11.7. The van der Waals surface area contributed by atoms with Crippen molar-refractivity contribution in [3.63, 3.8) is 0 Å². The molecule has 0 bridgehead atoms. The molecule has 1 unspecified atom stereocenters. The minimum absolute atomic E-state index is 0.113. The van der Waals surface area contributed by atoms with Crippen LogP contribution < -0.4 is 24.3 Å². The summed E-state index contributed by atoms with van der Waals surface area (Å²) in [4.78, 5) is 14.6. The van der Waals surface area contributed by atoms with E-state index in [1.165, 1.54) is 0 Å². The Bertz CT molecular complexity index is 957. The lowest BCUT2D eigenvalue weighted by Gasteiger charge is -2.29. The number of benzene rings is 2. The highest BCUT2D eigenvalue weighted by molar-refractivity contribution is 5.76. The quantitative estimate of drug-likeness (QED) is 0.547. The Kier molecular flexibility index (Phi) is 8.08. The smallest absolute Gasteiger partial charge is 0.223 e. The van der Waals surface area contributed by atoms with Crippen molar-refractivity contribution in [2.24, 2.45) is 0 Å². The molecule has 2 heterocycles. The van der Waals surface area contributed by atoms with E-state index in [4.69, 9.17) is 18.9 Å². The van der Waals surface area contributed by atoms with Crippen LogP contribution in [0.2, 0.25) is 0 Å². The van der Waals surface area contributed by atoms with Crippen LogP contribution in [0.5, 0.6) is 23.0 Å². The van der Waals surface area contributed by atoms with Crippen molar-refractivity contribution < 1.29 is 33.2 Å². The maximum atomic E-state index is 13.7. The summed E-state index contributed by atoms with van der Waals surface area (Å²) in [6.07, 6.45) is -1.32. The second-order valence-corrected chi connectivity index (χ2v) is 8.44. The Morgan fingerprint density at radius 1 is 1.18 bits per heavy atom. The molecule has 34 heavy (non-hydrogen) atoms. The molecule has 8 nitrogen and oxygen atoms in total. The normalized spacial score (nSPS) is 19.3. The Morgan fingerprint density at radius 2 is 1.91 bits per heavy atom. The predicted octanol–water partition coefficient (Wildman–Crippen LogP) is 2.50. The van der Waals surface area contributed by atoms with Gasteiger partial charge in [0.25, 0.3) is 0 Å². The second kappa shape index (κ2) is 11.4. The molecule has 3 atom stereocenters. The van der Waals surface area contributed by atoms with Gasteiger partial charge in [0.15, 0.2) is 11.5 Å². The summed E-state index contributed by atoms with van der Waals surface area (Å²) in [5, 5.41) is 14.1. The van der Waals surface area contributed by atoms with Crippen LogP contribution in [0.25, 0.3) is 0 Å². The number of aliphatic hydroxyl groups is 1. The lowest BCUT2D eigenvalue weighted by atomic mass is 10.0. The molecule has 2 aromatic rings. The third kappa shape index (κ3) is 6.30. The van der Waals surface area contributed by atoms with Gasteiger partial charge in [-0.3, -0.25) is 9.69 Å². The zero-order valence-electron chi connectivity index (χ0n) is 19.2. The number of nitrogens with zero attached hydrogens (tertiary/aromatic N) is 1. The van der Waals surface area contributed by atoms with Crippen LogP contribution in [0.1, 0.15) is 24.5 Å². The lowest BCUT2D eigenvalue weighted by Crippen LogP contribution is -2.47. The molecule has 0 saturated carbocycles. The van der Waals surface area contributed by atoms with Gasteiger partial charge in [-0.15, -0.1) is 0 Å². The fraction of sp³-hybridized carbons (Fsp3) is 0.480. The number of fused-ring (bicyclic) bond motifs is 1. The molecular weight excluding hydrogens is 443 g/mol. The summed E-state index contributed by atoms with van der Waals surface area (Å²) in [6.45, 7) is 2.31. The molecule has 0 aliphatic carbocycles. The number of rotatable bonds is 10. The Morgan fingerprint density at radius 3 is 2.62 bits per heavy atom. The van der Waals surface area contributed by atoms with Gasteiger partial charge in [-0.05, 0) is 48.4 Å². The first kappa shape index (κ1) is 24.1. The second-order valence-electron chi connectivity index (χ2n) is 8.44. The van der Waals surface area contributed by atoms with E-state index in [-0.39, 0.29) is 18.9 Å². The number of aliphatic hydroxyl groups excluding tert-OH is 1. The van der Waals surface area contributed by atoms with Gasteiger partial charge in [-0.2, -0.15) is 0 Å². The van der Waals surface area contributed by atoms with Crippen LogP contribution in [-0.2, 0) is 4.79 Å². The molecular formula is C25H31FN2O6. The fourth-order valence-electron chi connectivity index (χ4n) is 4.14. The first-order chi connectivity index (χ1) is 16.5. The number of nitrogens with one attached hydrogen (secondary N) is 1. The average molecular weight is 475 g/mol. The van der Waals surface area contributed by atoms with Crippen LogP contribution in [0.3, 0.4) is 0 Å². The lowest BCUT2D eigenvalue weighted by molar-refractivity contribution is -0.123. The molecule has 9 heteroatoms. The number of halogens is 1. The van der Waals surface area contributed by atoms with Crippen molar-refractivity contribution in [2.75, 3.05) is 46.6 Å². The van der Waals surface area contributed by atoms with E-state index in [1.807, 2.05) is 4.90 Å². The zero-order valence-corrected chi connectivity index (χ0v) is 19.2. The Hall–Kier alpha value is -3.04. The monoisotopic (exact) mass is 474 g/mol.